The van der Waals surface area contributed by atoms with Gasteiger partial charge in [-0.05, 0) is 37.0 Å². The van der Waals surface area contributed by atoms with Gasteiger partial charge in [0.25, 0.3) is 0 Å². The second kappa shape index (κ2) is 7.41. The molecule has 2 aliphatic rings. The Labute approximate surface area is 168 Å². The minimum Gasteiger partial charge on any atom is -0.345 e. The van der Waals surface area contributed by atoms with Gasteiger partial charge in [0.2, 0.25) is 0 Å². The number of nitrogens with zero attached hydrogens (tertiary/aromatic N) is 3. The molecule has 0 radical (unpaired) electrons. The van der Waals surface area contributed by atoms with Crippen LogP contribution < -0.4 is 9.80 Å². The zero-order valence-corrected chi connectivity index (χ0v) is 17.3. The van der Waals surface area contributed by atoms with E-state index in [9.17, 15) is 0 Å². The molecule has 0 spiro atoms. The van der Waals surface area contributed by atoms with Gasteiger partial charge in [-0.1, -0.05) is 18.2 Å². The van der Waals surface area contributed by atoms with Crippen LogP contribution in [0.1, 0.15) is 22.7 Å². The van der Waals surface area contributed by atoms with Crippen molar-refractivity contribution in [3.63, 3.8) is 0 Å². The summed E-state index contributed by atoms with van der Waals surface area (Å²) in [5.41, 5.74) is 1.54. The van der Waals surface area contributed by atoms with Crippen molar-refractivity contribution in [1.82, 2.24) is 9.97 Å². The Kier molecular flexibility index (Phi) is 4.80. The average molecular weight is 398 g/mol. The molecular formula is C21H25N4S2+. The van der Waals surface area contributed by atoms with E-state index in [0.29, 0.717) is 0 Å². The lowest BCUT2D eigenvalue weighted by atomic mass is 10.1. The Morgan fingerprint density at radius 2 is 1.93 bits per heavy atom. The summed E-state index contributed by atoms with van der Waals surface area (Å²) in [6.45, 7) is 4.56. The first-order valence-electron chi connectivity index (χ1n) is 9.83. The van der Waals surface area contributed by atoms with Crippen molar-refractivity contribution in [3.8, 4) is 0 Å². The number of fused-ring (bicyclic) bond motifs is 3. The summed E-state index contributed by atoms with van der Waals surface area (Å²) >= 11 is 3.73. The van der Waals surface area contributed by atoms with E-state index in [0.717, 1.165) is 24.7 Å². The van der Waals surface area contributed by atoms with Crippen molar-refractivity contribution in [2.75, 3.05) is 38.1 Å². The summed E-state index contributed by atoms with van der Waals surface area (Å²) < 4.78 is 0. The van der Waals surface area contributed by atoms with Crippen LogP contribution in [-0.2, 0) is 18.6 Å². The highest BCUT2D eigenvalue weighted by molar-refractivity contribution is 7.98. The van der Waals surface area contributed by atoms with Crippen LogP contribution in [-0.4, -0.2) is 43.2 Å². The largest absolute Gasteiger partial charge is 0.345 e. The third-order valence-electron chi connectivity index (χ3n) is 5.62. The average Bonchev–Trinajstić information content (AvgIpc) is 3.28. The molecular weight excluding hydrogens is 372 g/mol. The molecule has 1 aliphatic heterocycles. The van der Waals surface area contributed by atoms with Crippen LogP contribution in [0, 0.1) is 0 Å². The molecule has 5 rings (SSSR count). The number of aryl methyl sites for hydroxylation is 2. The molecule has 1 aliphatic carbocycles. The molecule has 1 saturated heterocycles. The van der Waals surface area contributed by atoms with E-state index in [-0.39, 0.29) is 0 Å². The number of rotatable bonds is 4. The first-order valence-corrected chi connectivity index (χ1v) is 11.6. The monoisotopic (exact) mass is 397 g/mol. The number of hydrogen-bond acceptors (Lipinski definition) is 5. The van der Waals surface area contributed by atoms with Gasteiger partial charge >= 0.3 is 0 Å². The second-order valence-electron chi connectivity index (χ2n) is 7.55. The zero-order valence-electron chi connectivity index (χ0n) is 15.7. The van der Waals surface area contributed by atoms with Crippen LogP contribution in [0.3, 0.4) is 0 Å². The first-order chi connectivity index (χ1) is 13.3. The molecule has 27 heavy (non-hydrogen) atoms. The lowest BCUT2D eigenvalue weighted by Crippen LogP contribution is -3.12. The number of hydrogen-bond donors (Lipinski definition) is 1. The van der Waals surface area contributed by atoms with Crippen molar-refractivity contribution in [3.05, 3.63) is 46.6 Å². The number of piperazine rings is 1. The molecule has 140 valence electrons. The Balaban J connectivity index is 1.51. The fourth-order valence-corrected chi connectivity index (χ4v) is 6.13. The van der Waals surface area contributed by atoms with Gasteiger partial charge in [-0.15, -0.1) is 23.1 Å². The maximum Gasteiger partial charge on any atom is 0.142 e. The molecule has 0 unspecified atom stereocenters. The fraction of sp³-hybridized carbons (Fsp3) is 0.429. The van der Waals surface area contributed by atoms with Crippen LogP contribution in [0.5, 0.6) is 0 Å². The van der Waals surface area contributed by atoms with Gasteiger partial charge in [-0.3, -0.25) is 0 Å². The van der Waals surface area contributed by atoms with Crippen LogP contribution in [0.15, 0.2) is 35.2 Å². The van der Waals surface area contributed by atoms with E-state index in [1.165, 1.54) is 53.3 Å². The van der Waals surface area contributed by atoms with Crippen molar-refractivity contribution in [1.29, 1.82) is 0 Å². The van der Waals surface area contributed by atoms with E-state index in [1.54, 1.807) is 15.3 Å². The molecule has 3 heterocycles. The molecule has 0 atom stereocenters. The molecule has 6 heteroatoms. The normalized spacial score (nSPS) is 17.6. The smallest absolute Gasteiger partial charge is 0.142 e. The van der Waals surface area contributed by atoms with E-state index >= 15 is 0 Å². The van der Waals surface area contributed by atoms with Gasteiger partial charge in [0.15, 0.2) is 0 Å². The van der Waals surface area contributed by atoms with Crippen molar-refractivity contribution in [2.45, 2.75) is 29.9 Å². The van der Waals surface area contributed by atoms with Crippen LogP contribution in [0.2, 0.25) is 0 Å². The predicted octanol–water partition coefficient (Wildman–Crippen LogP) is 2.81. The van der Waals surface area contributed by atoms with Crippen molar-refractivity contribution >= 4 is 39.1 Å². The summed E-state index contributed by atoms with van der Waals surface area (Å²) in [7, 11) is 2.29. The lowest BCUT2D eigenvalue weighted by Gasteiger charge is -2.31. The standard InChI is InChI=1S/C21H24N4S2/c1-24-10-12-25(13-11-24)20-19-16-8-5-9-17(16)27-21(19)23-18(22-20)14-26-15-6-3-2-4-7-15/h2-4,6-7H,5,8-14H2,1H3/p+1. The van der Waals surface area contributed by atoms with Crippen LogP contribution in [0.25, 0.3) is 10.2 Å². The highest BCUT2D eigenvalue weighted by Crippen LogP contribution is 2.41. The van der Waals surface area contributed by atoms with E-state index in [1.807, 2.05) is 23.1 Å². The fourth-order valence-electron chi connectivity index (χ4n) is 4.08. The summed E-state index contributed by atoms with van der Waals surface area (Å²) in [6, 6.07) is 10.6. The van der Waals surface area contributed by atoms with Gasteiger partial charge in [-0.2, -0.15) is 0 Å². The Bertz CT molecular complexity index is 946. The number of thioether (sulfide) groups is 1. The maximum absolute atomic E-state index is 5.11. The maximum atomic E-state index is 5.11. The molecule has 1 aromatic carbocycles. The van der Waals surface area contributed by atoms with Gasteiger partial charge in [-0.25, -0.2) is 9.97 Å². The number of anilines is 1. The van der Waals surface area contributed by atoms with E-state index < -0.39 is 0 Å². The number of benzene rings is 1. The van der Waals surface area contributed by atoms with Gasteiger partial charge < -0.3 is 9.80 Å². The quantitative estimate of drug-likeness (QED) is 0.687. The minimum absolute atomic E-state index is 0.828. The molecule has 0 bridgehead atoms. The highest BCUT2D eigenvalue weighted by Gasteiger charge is 2.27. The first kappa shape index (κ1) is 17.5. The molecule has 1 fully saturated rings. The third-order valence-corrected chi connectivity index (χ3v) is 7.81. The number of nitrogens with one attached hydrogen (secondary N) is 1. The van der Waals surface area contributed by atoms with E-state index in [4.69, 9.17) is 9.97 Å². The van der Waals surface area contributed by atoms with Crippen molar-refractivity contribution < 1.29 is 4.90 Å². The molecule has 0 saturated carbocycles. The molecule has 3 aromatic rings. The SMILES string of the molecule is C[NH+]1CCN(c2nc(CSc3ccccc3)nc3sc4c(c23)CCC4)CC1. The Hall–Kier alpha value is -1.63. The summed E-state index contributed by atoms with van der Waals surface area (Å²) in [6.07, 6.45) is 3.70. The Morgan fingerprint density at radius 1 is 1.11 bits per heavy atom. The highest BCUT2D eigenvalue weighted by atomic mass is 32.2. The minimum atomic E-state index is 0.828. The topological polar surface area (TPSA) is 33.5 Å². The lowest BCUT2D eigenvalue weighted by molar-refractivity contribution is -0.880. The van der Waals surface area contributed by atoms with E-state index in [2.05, 4.69) is 42.3 Å². The molecule has 2 aromatic heterocycles. The Morgan fingerprint density at radius 3 is 2.74 bits per heavy atom. The van der Waals surface area contributed by atoms with Gasteiger partial charge in [0.05, 0.1) is 44.4 Å². The van der Waals surface area contributed by atoms with Crippen LogP contribution >= 0.6 is 23.1 Å². The van der Waals surface area contributed by atoms with Crippen molar-refractivity contribution in [2.24, 2.45) is 0 Å². The second-order valence-corrected chi connectivity index (χ2v) is 9.68. The molecule has 4 nitrogen and oxygen atoms in total. The molecule has 0 amide bonds. The number of aromatic nitrogens is 2. The van der Waals surface area contributed by atoms with Gasteiger partial charge in [0.1, 0.15) is 16.5 Å². The molecule has 1 N–H and O–H groups in total. The summed E-state index contributed by atoms with van der Waals surface area (Å²) in [5.74, 6) is 3.00. The zero-order chi connectivity index (χ0) is 18.2. The number of quaternary nitrogens is 1. The predicted molar refractivity (Wildman–Crippen MR) is 114 cm³/mol. The van der Waals surface area contributed by atoms with Gasteiger partial charge in [0, 0.05) is 9.77 Å². The number of thiophene rings is 1. The number of likely N-dealkylation sites (N-methyl/N-ethyl adjacent to an activating group) is 1. The third kappa shape index (κ3) is 3.46. The van der Waals surface area contributed by atoms with Crippen LogP contribution in [0.4, 0.5) is 5.82 Å². The summed E-state index contributed by atoms with van der Waals surface area (Å²) in [4.78, 5) is 18.2. The summed E-state index contributed by atoms with van der Waals surface area (Å²) in [5, 5.41) is 1.36.